The lowest BCUT2D eigenvalue weighted by Gasteiger charge is -2.20. The van der Waals surface area contributed by atoms with E-state index in [1.54, 1.807) is 14.0 Å². The highest BCUT2D eigenvalue weighted by molar-refractivity contribution is 5.81. The van der Waals surface area contributed by atoms with Crippen LogP contribution in [-0.2, 0) is 9.53 Å². The molecular formula is C9H18N2O2. The molecule has 76 valence electrons. The maximum absolute atomic E-state index is 11.3. The summed E-state index contributed by atoms with van der Waals surface area (Å²) < 4.78 is 5.25. The first kappa shape index (κ1) is 10.5. The summed E-state index contributed by atoms with van der Waals surface area (Å²) in [7, 11) is 1.68. The monoisotopic (exact) mass is 186 g/mol. The number of nitrogens with two attached hydrogens (primary N) is 1. The standard InChI is InChI=1S/C9H18N2O2/c1-6(10)9(12)11-7-4-3-5-8(7)13-2/h6-8H,3-5,10H2,1-2H3,(H,11,12)/t6-,7?,8?/m0/s1. The Hall–Kier alpha value is -0.610. The van der Waals surface area contributed by atoms with E-state index in [0.29, 0.717) is 0 Å². The first-order chi connectivity index (χ1) is 6.15. The zero-order valence-electron chi connectivity index (χ0n) is 8.25. The number of hydrogen-bond acceptors (Lipinski definition) is 3. The van der Waals surface area contributed by atoms with E-state index in [1.807, 2.05) is 0 Å². The first-order valence-corrected chi connectivity index (χ1v) is 4.74. The zero-order chi connectivity index (χ0) is 9.84. The average molecular weight is 186 g/mol. The van der Waals surface area contributed by atoms with Gasteiger partial charge < -0.3 is 15.8 Å². The number of carbonyl (C=O) groups is 1. The molecule has 1 saturated carbocycles. The Labute approximate surface area is 78.8 Å². The van der Waals surface area contributed by atoms with Crippen molar-refractivity contribution in [1.82, 2.24) is 5.32 Å². The van der Waals surface area contributed by atoms with Crippen LogP contribution in [0.15, 0.2) is 0 Å². The highest BCUT2D eigenvalue weighted by atomic mass is 16.5. The lowest BCUT2D eigenvalue weighted by Crippen LogP contribution is -2.47. The predicted molar refractivity (Wildman–Crippen MR) is 50.2 cm³/mol. The molecule has 0 aromatic heterocycles. The van der Waals surface area contributed by atoms with Gasteiger partial charge in [0.1, 0.15) is 0 Å². The summed E-state index contributed by atoms with van der Waals surface area (Å²) in [5.74, 6) is -0.0889. The molecule has 0 bridgehead atoms. The van der Waals surface area contributed by atoms with Gasteiger partial charge in [0.2, 0.25) is 5.91 Å². The number of rotatable bonds is 3. The summed E-state index contributed by atoms with van der Waals surface area (Å²) in [6.07, 6.45) is 3.31. The van der Waals surface area contributed by atoms with Crippen molar-refractivity contribution in [3.63, 3.8) is 0 Å². The molecule has 4 nitrogen and oxygen atoms in total. The van der Waals surface area contributed by atoms with Crippen LogP contribution in [-0.4, -0.2) is 31.2 Å². The third kappa shape index (κ3) is 2.67. The van der Waals surface area contributed by atoms with E-state index in [1.165, 1.54) is 0 Å². The molecule has 13 heavy (non-hydrogen) atoms. The van der Waals surface area contributed by atoms with E-state index in [9.17, 15) is 4.79 Å². The Balaban J connectivity index is 2.39. The van der Waals surface area contributed by atoms with Crippen LogP contribution in [0.1, 0.15) is 26.2 Å². The summed E-state index contributed by atoms with van der Waals surface area (Å²) >= 11 is 0. The molecular weight excluding hydrogens is 168 g/mol. The van der Waals surface area contributed by atoms with E-state index >= 15 is 0 Å². The molecule has 0 saturated heterocycles. The summed E-state index contributed by atoms with van der Waals surface area (Å²) in [6, 6.07) is -0.276. The van der Waals surface area contributed by atoms with Gasteiger partial charge in [-0.05, 0) is 26.2 Å². The lowest BCUT2D eigenvalue weighted by molar-refractivity contribution is -0.123. The Morgan fingerprint density at radius 1 is 1.62 bits per heavy atom. The molecule has 0 aromatic rings. The van der Waals surface area contributed by atoms with Crippen LogP contribution >= 0.6 is 0 Å². The number of ether oxygens (including phenoxy) is 1. The second-order valence-electron chi connectivity index (χ2n) is 3.61. The summed E-state index contributed by atoms with van der Waals surface area (Å²) in [5.41, 5.74) is 5.45. The smallest absolute Gasteiger partial charge is 0.236 e. The first-order valence-electron chi connectivity index (χ1n) is 4.74. The van der Waals surface area contributed by atoms with Crippen molar-refractivity contribution in [2.24, 2.45) is 5.73 Å². The fraction of sp³-hybridized carbons (Fsp3) is 0.889. The summed E-state index contributed by atoms with van der Waals surface area (Å²) in [5, 5.41) is 2.89. The zero-order valence-corrected chi connectivity index (χ0v) is 8.25. The SMILES string of the molecule is COC1CCCC1NC(=O)[C@H](C)N. The van der Waals surface area contributed by atoms with Crippen molar-refractivity contribution >= 4 is 5.91 Å². The molecule has 3 N–H and O–H groups in total. The van der Waals surface area contributed by atoms with Crippen molar-refractivity contribution in [2.45, 2.75) is 44.4 Å². The number of methoxy groups -OCH3 is 1. The van der Waals surface area contributed by atoms with E-state index in [0.717, 1.165) is 19.3 Å². The maximum atomic E-state index is 11.3. The minimum Gasteiger partial charge on any atom is -0.379 e. The maximum Gasteiger partial charge on any atom is 0.236 e. The number of carbonyl (C=O) groups excluding carboxylic acids is 1. The van der Waals surface area contributed by atoms with E-state index < -0.39 is 6.04 Å². The lowest BCUT2D eigenvalue weighted by atomic mass is 10.2. The minimum atomic E-state index is -0.432. The largest absolute Gasteiger partial charge is 0.379 e. The minimum absolute atomic E-state index is 0.0889. The molecule has 1 aliphatic rings. The predicted octanol–water partition coefficient (Wildman–Crippen LogP) is 0.0173. The van der Waals surface area contributed by atoms with Gasteiger partial charge >= 0.3 is 0 Å². The van der Waals surface area contributed by atoms with Gasteiger partial charge in [0.25, 0.3) is 0 Å². The van der Waals surface area contributed by atoms with Crippen LogP contribution in [0.2, 0.25) is 0 Å². The highest BCUT2D eigenvalue weighted by Crippen LogP contribution is 2.21. The molecule has 0 aliphatic heterocycles. The van der Waals surface area contributed by atoms with Crippen molar-refractivity contribution in [3.05, 3.63) is 0 Å². The fourth-order valence-electron chi connectivity index (χ4n) is 1.69. The van der Waals surface area contributed by atoms with Crippen LogP contribution in [0.3, 0.4) is 0 Å². The van der Waals surface area contributed by atoms with Crippen LogP contribution in [0, 0.1) is 0 Å². The number of nitrogens with one attached hydrogen (secondary N) is 1. The third-order valence-corrected chi connectivity index (χ3v) is 2.50. The second kappa shape index (κ2) is 4.58. The Bertz CT molecular complexity index is 182. The Kier molecular flexibility index (Phi) is 3.69. The molecule has 3 atom stereocenters. The van der Waals surface area contributed by atoms with E-state index in [4.69, 9.17) is 10.5 Å². The van der Waals surface area contributed by atoms with Crippen LogP contribution in [0.5, 0.6) is 0 Å². The molecule has 4 heteroatoms. The summed E-state index contributed by atoms with van der Waals surface area (Å²) in [4.78, 5) is 11.3. The second-order valence-corrected chi connectivity index (χ2v) is 3.61. The molecule has 0 aromatic carbocycles. The Morgan fingerprint density at radius 3 is 2.85 bits per heavy atom. The molecule has 1 rings (SSSR count). The number of hydrogen-bond donors (Lipinski definition) is 2. The average Bonchev–Trinajstić information content (AvgIpc) is 2.51. The quantitative estimate of drug-likeness (QED) is 0.653. The van der Waals surface area contributed by atoms with Gasteiger partial charge in [-0.25, -0.2) is 0 Å². The van der Waals surface area contributed by atoms with Crippen molar-refractivity contribution < 1.29 is 9.53 Å². The number of amides is 1. The molecule has 1 amide bonds. The third-order valence-electron chi connectivity index (χ3n) is 2.50. The van der Waals surface area contributed by atoms with Crippen molar-refractivity contribution in [2.75, 3.05) is 7.11 Å². The van der Waals surface area contributed by atoms with Gasteiger partial charge in [0.15, 0.2) is 0 Å². The van der Waals surface area contributed by atoms with Crippen LogP contribution in [0.4, 0.5) is 0 Å². The van der Waals surface area contributed by atoms with Gasteiger partial charge in [0.05, 0.1) is 18.2 Å². The van der Waals surface area contributed by atoms with Crippen LogP contribution < -0.4 is 11.1 Å². The van der Waals surface area contributed by atoms with Gasteiger partial charge in [-0.1, -0.05) is 0 Å². The molecule has 0 radical (unpaired) electrons. The molecule has 1 aliphatic carbocycles. The normalized spacial score (nSPS) is 30.1. The summed E-state index contributed by atoms with van der Waals surface area (Å²) in [6.45, 7) is 1.69. The van der Waals surface area contributed by atoms with Gasteiger partial charge in [-0.2, -0.15) is 0 Å². The fourth-order valence-corrected chi connectivity index (χ4v) is 1.69. The van der Waals surface area contributed by atoms with Gasteiger partial charge in [0, 0.05) is 7.11 Å². The molecule has 1 fully saturated rings. The molecule has 0 heterocycles. The van der Waals surface area contributed by atoms with E-state index in [2.05, 4.69) is 5.32 Å². The Morgan fingerprint density at radius 2 is 2.31 bits per heavy atom. The molecule has 0 spiro atoms. The highest BCUT2D eigenvalue weighted by Gasteiger charge is 2.28. The van der Waals surface area contributed by atoms with Gasteiger partial charge in [-0.3, -0.25) is 4.79 Å². The topological polar surface area (TPSA) is 64.3 Å². The van der Waals surface area contributed by atoms with Crippen LogP contribution in [0.25, 0.3) is 0 Å². The van der Waals surface area contributed by atoms with E-state index in [-0.39, 0.29) is 18.1 Å². The van der Waals surface area contributed by atoms with Crippen molar-refractivity contribution in [1.29, 1.82) is 0 Å². The molecule has 2 unspecified atom stereocenters. The van der Waals surface area contributed by atoms with Gasteiger partial charge in [-0.15, -0.1) is 0 Å². The van der Waals surface area contributed by atoms with Crippen molar-refractivity contribution in [3.8, 4) is 0 Å².